The average molecular weight is 243 g/mol. The van der Waals surface area contributed by atoms with Crippen molar-refractivity contribution in [1.82, 2.24) is 10.2 Å². The van der Waals surface area contributed by atoms with Crippen LogP contribution in [0.3, 0.4) is 0 Å². The van der Waals surface area contributed by atoms with Gasteiger partial charge in [-0.05, 0) is 19.4 Å². The molecule has 4 N–H and O–H groups in total. The maximum atomic E-state index is 10.5. The lowest BCUT2D eigenvalue weighted by molar-refractivity contribution is -0.138. The summed E-state index contributed by atoms with van der Waals surface area (Å²) in [6.07, 6.45) is 2.66. The third kappa shape index (κ3) is 3.38. The zero-order valence-corrected chi connectivity index (χ0v) is 9.97. The van der Waals surface area contributed by atoms with Gasteiger partial charge in [0.1, 0.15) is 6.04 Å². The van der Waals surface area contributed by atoms with Crippen molar-refractivity contribution in [2.24, 2.45) is 5.73 Å². The summed E-state index contributed by atoms with van der Waals surface area (Å²) < 4.78 is 5.74. The van der Waals surface area contributed by atoms with E-state index in [-0.39, 0.29) is 6.10 Å². The van der Waals surface area contributed by atoms with Gasteiger partial charge in [-0.1, -0.05) is 0 Å². The molecular weight excluding hydrogens is 222 g/mol. The number of rotatable bonds is 5. The second kappa shape index (κ2) is 5.77. The summed E-state index contributed by atoms with van der Waals surface area (Å²) >= 11 is 0. The molecular formula is C11H21N3O3. The highest BCUT2D eigenvalue weighted by atomic mass is 16.5. The van der Waals surface area contributed by atoms with Crippen molar-refractivity contribution in [3.8, 4) is 0 Å². The van der Waals surface area contributed by atoms with Crippen molar-refractivity contribution in [2.45, 2.75) is 31.0 Å². The predicted octanol–water partition coefficient (Wildman–Crippen LogP) is -1.15. The van der Waals surface area contributed by atoms with Crippen molar-refractivity contribution in [1.29, 1.82) is 0 Å². The number of ether oxygens (including phenoxy) is 1. The molecule has 0 aromatic carbocycles. The molecule has 2 rings (SSSR count). The minimum atomic E-state index is -0.971. The number of aliphatic carboxylic acids is 1. The Morgan fingerprint density at radius 1 is 1.65 bits per heavy atom. The van der Waals surface area contributed by atoms with Gasteiger partial charge in [-0.3, -0.25) is 9.69 Å². The smallest absolute Gasteiger partial charge is 0.321 e. The van der Waals surface area contributed by atoms with Gasteiger partial charge < -0.3 is 20.9 Å². The molecule has 2 heterocycles. The van der Waals surface area contributed by atoms with Gasteiger partial charge in [-0.15, -0.1) is 0 Å². The molecule has 2 aliphatic rings. The van der Waals surface area contributed by atoms with Crippen LogP contribution in [0, 0.1) is 0 Å². The Morgan fingerprint density at radius 2 is 2.47 bits per heavy atom. The summed E-state index contributed by atoms with van der Waals surface area (Å²) in [7, 11) is 0. The molecule has 0 aromatic heterocycles. The van der Waals surface area contributed by atoms with E-state index in [0.717, 1.165) is 13.2 Å². The molecule has 2 aliphatic heterocycles. The highest BCUT2D eigenvalue weighted by Gasteiger charge is 2.31. The van der Waals surface area contributed by atoms with E-state index in [4.69, 9.17) is 15.6 Å². The predicted molar refractivity (Wildman–Crippen MR) is 62.8 cm³/mol. The second-order valence-corrected chi connectivity index (χ2v) is 4.85. The minimum absolute atomic E-state index is 0.158. The lowest BCUT2D eigenvalue weighted by atomic mass is 10.2. The monoisotopic (exact) mass is 243 g/mol. The molecule has 0 spiro atoms. The minimum Gasteiger partial charge on any atom is -0.480 e. The van der Waals surface area contributed by atoms with E-state index in [0.29, 0.717) is 19.1 Å². The Bertz CT molecular complexity index is 275. The van der Waals surface area contributed by atoms with Crippen LogP contribution in [0.25, 0.3) is 0 Å². The van der Waals surface area contributed by atoms with Crippen molar-refractivity contribution in [2.75, 3.05) is 32.8 Å². The van der Waals surface area contributed by atoms with Crippen molar-refractivity contribution >= 4 is 5.97 Å². The van der Waals surface area contributed by atoms with Crippen LogP contribution < -0.4 is 11.1 Å². The van der Waals surface area contributed by atoms with Gasteiger partial charge in [0.05, 0.1) is 12.7 Å². The molecule has 0 radical (unpaired) electrons. The number of nitrogens with two attached hydrogens (primary N) is 1. The summed E-state index contributed by atoms with van der Waals surface area (Å²) in [5.74, 6) is -0.971. The van der Waals surface area contributed by atoms with E-state index in [1.807, 2.05) is 0 Å². The number of morpholine rings is 1. The number of carbonyl (C=O) groups is 1. The maximum absolute atomic E-state index is 10.5. The van der Waals surface area contributed by atoms with Gasteiger partial charge in [-0.2, -0.15) is 0 Å². The third-order valence-corrected chi connectivity index (χ3v) is 3.51. The number of carboxylic acid groups (broad SMARTS) is 1. The molecule has 3 atom stereocenters. The molecule has 6 heteroatoms. The molecule has 17 heavy (non-hydrogen) atoms. The lowest BCUT2D eigenvalue weighted by Gasteiger charge is -2.35. The molecule has 0 amide bonds. The number of nitrogens with one attached hydrogen (secondary N) is 1. The van der Waals surface area contributed by atoms with Crippen LogP contribution in [0.5, 0.6) is 0 Å². The van der Waals surface area contributed by atoms with Crippen LogP contribution >= 0.6 is 0 Å². The van der Waals surface area contributed by atoms with Crippen LogP contribution in [-0.4, -0.2) is 66.9 Å². The van der Waals surface area contributed by atoms with E-state index in [1.165, 1.54) is 19.4 Å². The first-order valence-corrected chi connectivity index (χ1v) is 6.21. The van der Waals surface area contributed by atoms with Gasteiger partial charge in [0.25, 0.3) is 0 Å². The Balaban J connectivity index is 1.65. The number of fused-ring (bicyclic) bond motifs is 1. The standard InChI is InChI=1S/C11H21N3O3/c12-10(11(15)16)5-13-4-9-6-14-3-1-2-8(14)7-17-9/h8-10,13H,1-7,12H2,(H,15,16). The Labute approximate surface area is 101 Å². The molecule has 0 aromatic rings. The van der Waals surface area contributed by atoms with Crippen LogP contribution in [-0.2, 0) is 9.53 Å². The fourth-order valence-corrected chi connectivity index (χ4v) is 2.50. The SMILES string of the molecule is NC(CNCC1CN2CCCC2CO1)C(=O)O. The molecule has 2 fully saturated rings. The summed E-state index contributed by atoms with van der Waals surface area (Å²) in [5.41, 5.74) is 5.40. The first kappa shape index (κ1) is 12.8. The summed E-state index contributed by atoms with van der Waals surface area (Å²) in [6, 6.07) is -0.231. The summed E-state index contributed by atoms with van der Waals surface area (Å²) in [4.78, 5) is 13.0. The zero-order chi connectivity index (χ0) is 12.3. The first-order chi connectivity index (χ1) is 8.16. The summed E-state index contributed by atoms with van der Waals surface area (Å²) in [5, 5.41) is 11.7. The lowest BCUT2D eigenvalue weighted by Crippen LogP contribution is -2.51. The highest BCUT2D eigenvalue weighted by molar-refractivity contribution is 5.73. The van der Waals surface area contributed by atoms with E-state index < -0.39 is 12.0 Å². The van der Waals surface area contributed by atoms with Gasteiger partial charge in [0.2, 0.25) is 0 Å². The molecule has 0 aliphatic carbocycles. The number of carboxylic acids is 1. The number of hydrogen-bond acceptors (Lipinski definition) is 5. The van der Waals surface area contributed by atoms with E-state index in [1.54, 1.807) is 0 Å². The zero-order valence-electron chi connectivity index (χ0n) is 9.97. The third-order valence-electron chi connectivity index (χ3n) is 3.51. The average Bonchev–Trinajstić information content (AvgIpc) is 2.75. The van der Waals surface area contributed by atoms with E-state index in [2.05, 4.69) is 10.2 Å². The summed E-state index contributed by atoms with van der Waals surface area (Å²) in [6.45, 7) is 3.87. The van der Waals surface area contributed by atoms with Gasteiger partial charge in [0.15, 0.2) is 0 Å². The molecule has 6 nitrogen and oxygen atoms in total. The molecule has 2 saturated heterocycles. The fraction of sp³-hybridized carbons (Fsp3) is 0.909. The molecule has 98 valence electrons. The maximum Gasteiger partial charge on any atom is 0.321 e. The first-order valence-electron chi connectivity index (χ1n) is 6.21. The molecule has 3 unspecified atom stereocenters. The van der Waals surface area contributed by atoms with E-state index >= 15 is 0 Å². The van der Waals surface area contributed by atoms with Crippen LogP contribution in [0.1, 0.15) is 12.8 Å². The number of hydrogen-bond donors (Lipinski definition) is 3. The van der Waals surface area contributed by atoms with Crippen molar-refractivity contribution in [3.63, 3.8) is 0 Å². The number of nitrogens with zero attached hydrogens (tertiary/aromatic N) is 1. The highest BCUT2D eigenvalue weighted by Crippen LogP contribution is 2.22. The van der Waals surface area contributed by atoms with Gasteiger partial charge in [-0.25, -0.2) is 0 Å². The van der Waals surface area contributed by atoms with Gasteiger partial charge >= 0.3 is 5.97 Å². The van der Waals surface area contributed by atoms with Crippen molar-refractivity contribution in [3.05, 3.63) is 0 Å². The quantitative estimate of drug-likeness (QED) is 0.565. The van der Waals surface area contributed by atoms with Gasteiger partial charge in [0, 0.05) is 25.7 Å². The fourth-order valence-electron chi connectivity index (χ4n) is 2.50. The largest absolute Gasteiger partial charge is 0.480 e. The Kier molecular flexibility index (Phi) is 4.33. The second-order valence-electron chi connectivity index (χ2n) is 4.85. The Hall–Kier alpha value is -0.690. The normalized spacial score (nSPS) is 31.1. The molecule has 0 saturated carbocycles. The van der Waals surface area contributed by atoms with Crippen LogP contribution in [0.4, 0.5) is 0 Å². The van der Waals surface area contributed by atoms with Crippen LogP contribution in [0.15, 0.2) is 0 Å². The topological polar surface area (TPSA) is 87.8 Å². The van der Waals surface area contributed by atoms with E-state index in [9.17, 15) is 4.79 Å². The Morgan fingerprint density at radius 3 is 3.24 bits per heavy atom. The van der Waals surface area contributed by atoms with Crippen LogP contribution in [0.2, 0.25) is 0 Å². The molecule has 0 bridgehead atoms. The van der Waals surface area contributed by atoms with Crippen molar-refractivity contribution < 1.29 is 14.6 Å².